The van der Waals surface area contributed by atoms with Crippen LogP contribution in [0.25, 0.3) is 0 Å². The van der Waals surface area contributed by atoms with Crippen molar-refractivity contribution in [2.45, 2.75) is 19.0 Å². The minimum Gasteiger partial charge on any atom is -0.321 e. The van der Waals surface area contributed by atoms with E-state index in [-0.39, 0.29) is 0 Å². The summed E-state index contributed by atoms with van der Waals surface area (Å²) in [7, 11) is -3.20. The Morgan fingerprint density at radius 2 is 1.32 bits per heavy atom. The molecule has 0 unspecified atom stereocenters. The third-order valence-corrected chi connectivity index (χ3v) is 8.16. The summed E-state index contributed by atoms with van der Waals surface area (Å²) >= 11 is 0. The Kier molecular flexibility index (Phi) is 6.43. The molecular weight excluding hydrogens is 401 g/mol. The van der Waals surface area contributed by atoms with Crippen LogP contribution >= 0.6 is 7.29 Å². The molecule has 5 heteroatoms. The van der Waals surface area contributed by atoms with Crippen molar-refractivity contribution >= 4 is 17.9 Å². The van der Waals surface area contributed by atoms with Crippen LogP contribution in [0.3, 0.4) is 0 Å². The molecule has 4 nitrogen and oxygen atoms in total. The van der Waals surface area contributed by atoms with Crippen molar-refractivity contribution in [2.75, 3.05) is 0 Å². The van der Waals surface area contributed by atoms with Gasteiger partial charge in [0, 0.05) is 16.8 Å². The van der Waals surface area contributed by atoms with Gasteiger partial charge < -0.3 is 5.73 Å². The number of hydrogen-bond acceptors (Lipinski definition) is 3. The highest BCUT2D eigenvalue weighted by atomic mass is 31.2. The fourth-order valence-electron chi connectivity index (χ4n) is 3.79. The quantitative estimate of drug-likeness (QED) is 0.421. The van der Waals surface area contributed by atoms with E-state index in [2.05, 4.69) is 10.1 Å². The van der Waals surface area contributed by atoms with Crippen molar-refractivity contribution in [3.63, 3.8) is 0 Å². The normalized spacial score (nSPS) is 13.5. The lowest BCUT2D eigenvalue weighted by atomic mass is 9.94. The fraction of sp³-hybridized carbons (Fsp3) is 0.115. The van der Waals surface area contributed by atoms with Crippen molar-refractivity contribution in [1.29, 1.82) is 0 Å². The Hall–Kier alpha value is -3.04. The average Bonchev–Trinajstić information content (AvgIpc) is 2.84. The van der Waals surface area contributed by atoms with Crippen LogP contribution in [-0.2, 0) is 4.57 Å². The second-order valence-corrected chi connectivity index (χ2v) is 10.0. The van der Waals surface area contributed by atoms with E-state index in [1.165, 1.54) is 0 Å². The van der Waals surface area contributed by atoms with Crippen LogP contribution in [0.4, 0.5) is 0 Å². The number of nitrogens with one attached hydrogen (secondary N) is 1. The summed E-state index contributed by atoms with van der Waals surface area (Å²) in [5.74, 6) is 0. The molecule has 2 atom stereocenters. The van der Waals surface area contributed by atoms with Crippen LogP contribution in [-0.4, -0.2) is 4.98 Å². The zero-order chi connectivity index (χ0) is 21.7. The van der Waals surface area contributed by atoms with Crippen LogP contribution in [0.5, 0.6) is 0 Å². The van der Waals surface area contributed by atoms with E-state index in [1.807, 2.05) is 110 Å². The second kappa shape index (κ2) is 9.40. The van der Waals surface area contributed by atoms with Gasteiger partial charge in [-0.2, -0.15) is 0 Å². The predicted molar refractivity (Wildman–Crippen MR) is 128 cm³/mol. The van der Waals surface area contributed by atoms with E-state index in [1.54, 1.807) is 6.20 Å². The molecule has 0 fully saturated rings. The third kappa shape index (κ3) is 4.52. The second-order valence-electron chi connectivity index (χ2n) is 7.52. The Labute approximate surface area is 183 Å². The van der Waals surface area contributed by atoms with Gasteiger partial charge in [0.05, 0.1) is 17.8 Å². The molecule has 4 rings (SSSR count). The molecule has 1 aromatic heterocycles. The standard InChI is InChI=1S/C26H26N3OP/c1-20-12-8-9-17-23(20)26(25(27)24-18-10-11-19-28-24)29-31(30,21-13-4-2-5-14-21)22-15-6-3-7-16-22/h2-19,25-26H,27H2,1H3,(H,29,30)/t25-,26+/m0/s1. The van der Waals surface area contributed by atoms with E-state index in [9.17, 15) is 4.57 Å². The molecule has 4 aromatic rings. The number of nitrogens with two attached hydrogens (primary N) is 1. The highest BCUT2D eigenvalue weighted by Crippen LogP contribution is 2.44. The highest BCUT2D eigenvalue weighted by molar-refractivity contribution is 7.76. The molecule has 3 N–H and O–H groups in total. The van der Waals surface area contributed by atoms with Gasteiger partial charge in [-0.05, 0) is 54.4 Å². The molecule has 1 heterocycles. The average molecular weight is 427 g/mol. The van der Waals surface area contributed by atoms with E-state index in [0.717, 1.165) is 27.4 Å². The smallest absolute Gasteiger partial charge is 0.205 e. The molecule has 0 saturated heterocycles. The largest absolute Gasteiger partial charge is 0.321 e. The summed E-state index contributed by atoms with van der Waals surface area (Å²) in [5.41, 5.74) is 9.59. The van der Waals surface area contributed by atoms with Gasteiger partial charge in [0.2, 0.25) is 7.29 Å². The summed E-state index contributed by atoms with van der Waals surface area (Å²) in [6.45, 7) is 2.05. The molecule has 0 spiro atoms. The van der Waals surface area contributed by atoms with Crippen LogP contribution in [0, 0.1) is 6.92 Å². The van der Waals surface area contributed by atoms with Crippen molar-refractivity contribution < 1.29 is 4.57 Å². The van der Waals surface area contributed by atoms with Gasteiger partial charge in [-0.15, -0.1) is 0 Å². The molecule has 0 aliphatic rings. The van der Waals surface area contributed by atoms with Crippen molar-refractivity contribution in [3.8, 4) is 0 Å². The first-order chi connectivity index (χ1) is 15.1. The van der Waals surface area contributed by atoms with Crippen LogP contribution < -0.4 is 21.4 Å². The zero-order valence-electron chi connectivity index (χ0n) is 17.4. The molecule has 3 aromatic carbocycles. The number of nitrogens with zero attached hydrogens (tertiary/aromatic N) is 1. The number of aryl methyl sites for hydroxylation is 1. The molecule has 31 heavy (non-hydrogen) atoms. The van der Waals surface area contributed by atoms with Gasteiger partial charge in [-0.1, -0.05) is 66.7 Å². The summed E-state index contributed by atoms with van der Waals surface area (Å²) in [4.78, 5) is 4.48. The van der Waals surface area contributed by atoms with Crippen LogP contribution in [0.15, 0.2) is 109 Å². The Balaban J connectivity index is 1.86. The van der Waals surface area contributed by atoms with Gasteiger partial charge in [0.15, 0.2) is 0 Å². The maximum Gasteiger partial charge on any atom is 0.205 e. The minimum atomic E-state index is -3.20. The number of hydrogen-bond donors (Lipinski definition) is 2. The maximum atomic E-state index is 14.7. The maximum absolute atomic E-state index is 14.7. The third-order valence-electron chi connectivity index (χ3n) is 5.47. The van der Waals surface area contributed by atoms with Crippen molar-refractivity contribution in [3.05, 3.63) is 126 Å². The van der Waals surface area contributed by atoms with E-state index in [4.69, 9.17) is 5.73 Å². The van der Waals surface area contributed by atoms with Gasteiger partial charge in [0.1, 0.15) is 0 Å². The molecule has 156 valence electrons. The molecule has 0 saturated carbocycles. The Bertz CT molecular complexity index is 1120. The topological polar surface area (TPSA) is 68.0 Å². The first-order valence-electron chi connectivity index (χ1n) is 10.3. The molecule has 0 radical (unpaired) electrons. The number of pyridine rings is 1. The number of rotatable bonds is 7. The SMILES string of the molecule is Cc1ccccc1[C@@H](NP(=O)(c1ccccc1)c1ccccc1)[C@@H](N)c1ccccn1. The summed E-state index contributed by atoms with van der Waals surface area (Å²) < 4.78 is 14.7. The number of benzene rings is 3. The lowest BCUT2D eigenvalue weighted by molar-refractivity contribution is 0.502. The van der Waals surface area contributed by atoms with Crippen molar-refractivity contribution in [2.24, 2.45) is 5.73 Å². The predicted octanol–water partition coefficient (Wildman–Crippen LogP) is 4.65. The number of aromatic nitrogens is 1. The van der Waals surface area contributed by atoms with Crippen molar-refractivity contribution in [1.82, 2.24) is 10.1 Å². The zero-order valence-corrected chi connectivity index (χ0v) is 18.3. The van der Waals surface area contributed by atoms with Gasteiger partial charge in [-0.25, -0.2) is 0 Å². The Morgan fingerprint density at radius 3 is 1.87 bits per heavy atom. The monoisotopic (exact) mass is 427 g/mol. The summed E-state index contributed by atoms with van der Waals surface area (Å²) in [5, 5.41) is 5.00. The highest BCUT2D eigenvalue weighted by Gasteiger charge is 2.34. The lowest BCUT2D eigenvalue weighted by Gasteiger charge is -2.31. The molecular formula is C26H26N3OP. The van der Waals surface area contributed by atoms with Crippen LogP contribution in [0.1, 0.15) is 28.9 Å². The first kappa shape index (κ1) is 21.2. The van der Waals surface area contributed by atoms with E-state index in [0.29, 0.717) is 0 Å². The molecule has 0 aliphatic heterocycles. The summed E-state index contributed by atoms with van der Waals surface area (Å²) in [6.07, 6.45) is 1.73. The van der Waals surface area contributed by atoms with Crippen LogP contribution in [0.2, 0.25) is 0 Å². The molecule has 0 bridgehead atoms. The fourth-order valence-corrected chi connectivity index (χ4v) is 6.26. The van der Waals surface area contributed by atoms with E-state index >= 15 is 0 Å². The van der Waals surface area contributed by atoms with Gasteiger partial charge >= 0.3 is 0 Å². The Morgan fingerprint density at radius 1 is 0.774 bits per heavy atom. The molecule has 0 aliphatic carbocycles. The molecule has 0 amide bonds. The summed E-state index contributed by atoms with van der Waals surface area (Å²) in [6, 6.07) is 32.0. The van der Waals surface area contributed by atoms with Gasteiger partial charge in [-0.3, -0.25) is 14.6 Å². The first-order valence-corrected chi connectivity index (χ1v) is 12.0. The minimum absolute atomic E-state index is 0.401. The van der Waals surface area contributed by atoms with Gasteiger partial charge in [0.25, 0.3) is 0 Å². The lowest BCUT2D eigenvalue weighted by Crippen LogP contribution is -2.36. The van der Waals surface area contributed by atoms with E-state index < -0.39 is 19.4 Å².